The van der Waals surface area contributed by atoms with Gasteiger partial charge in [0.25, 0.3) is 0 Å². The summed E-state index contributed by atoms with van der Waals surface area (Å²) in [7, 11) is -3.13. The molecule has 38 heavy (non-hydrogen) atoms. The zero-order chi connectivity index (χ0) is 27.6. The standard InChI is InChI=1S/C13H27NO3Si.C11H22O3Si.C2H5N.2CH4/c1-12(2)17-18(3,4)11-5-10-16-13(15)6-7-14-8-9-14;1-6-11(12)13-8-7-9-15(4,5)14-10(2)3;1-2-3-1;;/h12H,5-11H2,1-4H3;6,10H,1,7-9H2,2-5H3;3H,1-2H2;2*1H4. The largest absolute Gasteiger partial charge is 0.466 e. The van der Waals surface area contributed by atoms with Gasteiger partial charge in [-0.15, -0.1) is 0 Å². The van der Waals surface area contributed by atoms with Gasteiger partial charge in [-0.25, -0.2) is 4.79 Å². The maximum absolute atomic E-state index is 11.4. The molecule has 2 fully saturated rings. The fraction of sp³-hybridized carbons (Fsp3) is 0.857. The van der Waals surface area contributed by atoms with E-state index in [4.69, 9.17) is 18.3 Å². The molecular weight excluding hydrogens is 516 g/mol. The normalized spacial score (nSPS) is 14.1. The molecule has 0 aliphatic carbocycles. The van der Waals surface area contributed by atoms with E-state index in [1.807, 2.05) is 13.8 Å². The molecule has 2 heterocycles. The Hall–Kier alpha value is -1.05. The average molecular weight is 579 g/mol. The topological polar surface area (TPSA) is 96.0 Å². The summed E-state index contributed by atoms with van der Waals surface area (Å²) >= 11 is 0. The van der Waals surface area contributed by atoms with E-state index in [9.17, 15) is 9.59 Å². The first-order valence-electron chi connectivity index (χ1n) is 13.5. The highest BCUT2D eigenvalue weighted by Crippen LogP contribution is 2.17. The molecule has 0 atom stereocenters. The molecule has 2 saturated heterocycles. The molecule has 10 heteroatoms. The lowest BCUT2D eigenvalue weighted by atomic mass is 10.4. The minimum Gasteiger partial charge on any atom is -0.466 e. The molecule has 0 aromatic rings. The van der Waals surface area contributed by atoms with Gasteiger partial charge in [-0.05, 0) is 78.8 Å². The molecular formula is C28H62N2O6Si2. The summed E-state index contributed by atoms with van der Waals surface area (Å²) in [4.78, 5) is 24.4. The number of nitrogens with zero attached hydrogens (tertiary/aromatic N) is 1. The first-order chi connectivity index (χ1) is 16.8. The van der Waals surface area contributed by atoms with Gasteiger partial charge < -0.3 is 28.5 Å². The van der Waals surface area contributed by atoms with Crippen LogP contribution in [0.3, 0.4) is 0 Å². The Morgan fingerprint density at radius 1 is 0.868 bits per heavy atom. The summed E-state index contributed by atoms with van der Waals surface area (Å²) in [6, 6.07) is 2.06. The van der Waals surface area contributed by atoms with E-state index in [2.05, 4.69) is 56.8 Å². The molecule has 2 rings (SSSR count). The Morgan fingerprint density at radius 2 is 1.29 bits per heavy atom. The van der Waals surface area contributed by atoms with E-state index >= 15 is 0 Å². The van der Waals surface area contributed by atoms with Crippen molar-refractivity contribution in [1.29, 1.82) is 0 Å². The van der Waals surface area contributed by atoms with Gasteiger partial charge in [-0.2, -0.15) is 0 Å². The second-order valence-electron chi connectivity index (χ2n) is 11.0. The molecule has 0 amide bonds. The first kappa shape index (κ1) is 41.4. The molecule has 0 aromatic carbocycles. The van der Waals surface area contributed by atoms with Gasteiger partial charge in [0.1, 0.15) is 0 Å². The van der Waals surface area contributed by atoms with Crippen LogP contribution in [0.4, 0.5) is 0 Å². The molecule has 0 unspecified atom stereocenters. The second-order valence-corrected chi connectivity index (χ2v) is 19.5. The third kappa shape index (κ3) is 31.2. The van der Waals surface area contributed by atoms with Gasteiger partial charge in [-0.1, -0.05) is 21.4 Å². The summed E-state index contributed by atoms with van der Waals surface area (Å²) in [5.74, 6) is -0.412. The molecule has 0 aromatic heterocycles. The molecule has 0 spiro atoms. The van der Waals surface area contributed by atoms with Crippen LogP contribution in [0, 0.1) is 0 Å². The first-order valence-corrected chi connectivity index (χ1v) is 19.7. The van der Waals surface area contributed by atoms with Crippen molar-refractivity contribution >= 4 is 28.6 Å². The average Bonchev–Trinajstić information content (AvgIpc) is 3.63. The van der Waals surface area contributed by atoms with E-state index in [0.29, 0.717) is 25.7 Å². The highest BCUT2D eigenvalue weighted by Gasteiger charge is 2.24. The van der Waals surface area contributed by atoms with Gasteiger partial charge in [0, 0.05) is 51.0 Å². The molecule has 1 N–H and O–H groups in total. The van der Waals surface area contributed by atoms with Crippen molar-refractivity contribution in [2.75, 3.05) is 45.9 Å². The van der Waals surface area contributed by atoms with Crippen molar-refractivity contribution in [3.63, 3.8) is 0 Å². The third-order valence-electron chi connectivity index (χ3n) is 5.05. The van der Waals surface area contributed by atoms with Crippen LogP contribution in [0.15, 0.2) is 12.7 Å². The zero-order valence-corrected chi connectivity index (χ0v) is 26.3. The lowest BCUT2D eigenvalue weighted by molar-refractivity contribution is -0.143. The van der Waals surface area contributed by atoms with Crippen LogP contribution in [0.25, 0.3) is 0 Å². The molecule has 0 bridgehead atoms. The van der Waals surface area contributed by atoms with Crippen molar-refractivity contribution in [1.82, 2.24) is 10.2 Å². The quantitative estimate of drug-likeness (QED) is 0.0801. The van der Waals surface area contributed by atoms with Crippen molar-refractivity contribution < 1.29 is 27.9 Å². The Kier molecular flexibility index (Phi) is 24.8. The molecule has 8 nitrogen and oxygen atoms in total. The highest BCUT2D eigenvalue weighted by molar-refractivity contribution is 6.71. The molecule has 0 saturated carbocycles. The molecule has 228 valence electrons. The van der Waals surface area contributed by atoms with Gasteiger partial charge in [-0.3, -0.25) is 4.79 Å². The number of nitrogens with one attached hydrogen (secondary N) is 1. The van der Waals surface area contributed by atoms with Gasteiger partial charge in [0.15, 0.2) is 16.6 Å². The number of hydrogen-bond donors (Lipinski definition) is 1. The predicted molar refractivity (Wildman–Crippen MR) is 166 cm³/mol. The number of rotatable bonds is 16. The Morgan fingerprint density at radius 3 is 1.63 bits per heavy atom. The monoisotopic (exact) mass is 578 g/mol. The number of hydrogen-bond acceptors (Lipinski definition) is 8. The third-order valence-corrected chi connectivity index (χ3v) is 10.4. The van der Waals surface area contributed by atoms with Crippen LogP contribution in [-0.2, 0) is 27.9 Å². The summed E-state index contributed by atoms with van der Waals surface area (Å²) in [6.45, 7) is 27.0. The van der Waals surface area contributed by atoms with Gasteiger partial charge in [0.05, 0.1) is 19.6 Å². The van der Waals surface area contributed by atoms with E-state index in [0.717, 1.165) is 44.6 Å². The number of carbonyl (C=O) groups excluding carboxylic acids is 2. The summed E-state index contributed by atoms with van der Waals surface area (Å²) < 4.78 is 21.9. The SMILES string of the molecule is C.C.C1CN1.C=CC(=O)OCCC[Si](C)(C)OC(C)C.CC(C)O[Si](C)(C)CCCOC(=O)CCN1CC1. The Bertz CT molecular complexity index is 622. The van der Waals surface area contributed by atoms with Crippen LogP contribution in [0.2, 0.25) is 38.3 Å². The van der Waals surface area contributed by atoms with E-state index < -0.39 is 16.6 Å². The smallest absolute Gasteiger partial charge is 0.330 e. The minimum absolute atomic E-state index is 0. The van der Waals surface area contributed by atoms with Crippen LogP contribution >= 0.6 is 0 Å². The van der Waals surface area contributed by atoms with Gasteiger partial charge >= 0.3 is 11.9 Å². The van der Waals surface area contributed by atoms with E-state index in [1.54, 1.807) is 0 Å². The summed E-state index contributed by atoms with van der Waals surface area (Å²) in [5.41, 5.74) is 0. The maximum Gasteiger partial charge on any atom is 0.330 e. The zero-order valence-electron chi connectivity index (χ0n) is 24.3. The fourth-order valence-corrected chi connectivity index (χ4v) is 8.20. The minimum atomic E-state index is -1.57. The number of ether oxygens (including phenoxy) is 2. The van der Waals surface area contributed by atoms with Crippen molar-refractivity contribution in [2.45, 2.75) is 112 Å². The van der Waals surface area contributed by atoms with E-state index in [1.165, 1.54) is 19.2 Å². The Labute approximate surface area is 237 Å². The van der Waals surface area contributed by atoms with E-state index in [-0.39, 0.29) is 32.9 Å². The van der Waals surface area contributed by atoms with Crippen LogP contribution in [0.1, 0.15) is 61.8 Å². The summed E-state index contributed by atoms with van der Waals surface area (Å²) in [5, 5.41) is 3.00. The second kappa shape index (κ2) is 22.7. The molecule has 0 radical (unpaired) electrons. The maximum atomic E-state index is 11.4. The Balaban J connectivity index is -0.000000558. The van der Waals surface area contributed by atoms with Crippen molar-refractivity contribution in [3.05, 3.63) is 12.7 Å². The summed E-state index contributed by atoms with van der Waals surface area (Å²) in [6.07, 6.45) is 4.08. The predicted octanol–water partition coefficient (Wildman–Crippen LogP) is 5.85. The van der Waals surface area contributed by atoms with Crippen molar-refractivity contribution in [2.24, 2.45) is 0 Å². The van der Waals surface area contributed by atoms with Crippen molar-refractivity contribution in [3.8, 4) is 0 Å². The highest BCUT2D eigenvalue weighted by atomic mass is 28.4. The van der Waals surface area contributed by atoms with Gasteiger partial charge in [0.2, 0.25) is 0 Å². The molecule has 2 aliphatic rings. The lowest BCUT2D eigenvalue weighted by Gasteiger charge is -2.25. The molecule has 2 aliphatic heterocycles. The van der Waals surface area contributed by atoms with Crippen LogP contribution < -0.4 is 5.32 Å². The lowest BCUT2D eigenvalue weighted by Crippen LogP contribution is -2.33. The van der Waals surface area contributed by atoms with Crippen LogP contribution in [-0.4, -0.2) is 91.6 Å². The van der Waals surface area contributed by atoms with Crippen LogP contribution in [0.5, 0.6) is 0 Å². The fourth-order valence-electron chi connectivity index (χ4n) is 3.42. The number of esters is 2. The number of carbonyl (C=O) groups is 2.